The summed E-state index contributed by atoms with van der Waals surface area (Å²) in [6.07, 6.45) is 13.7. The molecule has 0 saturated heterocycles. The van der Waals surface area contributed by atoms with Gasteiger partial charge < -0.3 is 0 Å². The minimum absolute atomic E-state index is 0.209. The zero-order chi connectivity index (χ0) is 19.2. The number of benzene rings is 1. The highest BCUT2D eigenvalue weighted by Crippen LogP contribution is 2.42. The predicted octanol–water partition coefficient (Wildman–Crippen LogP) is 7.29. The molecule has 0 heterocycles. The first kappa shape index (κ1) is 20.4. The van der Waals surface area contributed by atoms with E-state index in [9.17, 15) is 8.78 Å². The van der Waals surface area contributed by atoms with Crippen LogP contribution in [0.1, 0.15) is 89.2 Å². The van der Waals surface area contributed by atoms with Crippen LogP contribution >= 0.6 is 0 Å². The molecule has 0 amide bonds. The summed E-state index contributed by atoms with van der Waals surface area (Å²) in [6.45, 7) is 4.13. The first-order chi connectivity index (χ1) is 13.1. The van der Waals surface area contributed by atoms with Gasteiger partial charge in [-0.15, -0.1) is 0 Å². The summed E-state index contributed by atoms with van der Waals surface area (Å²) < 4.78 is 28.0. The zero-order valence-corrected chi connectivity index (χ0v) is 17.0. The third kappa shape index (κ3) is 5.13. The van der Waals surface area contributed by atoms with Crippen LogP contribution in [0.4, 0.5) is 8.78 Å². The lowest BCUT2D eigenvalue weighted by Gasteiger charge is -2.37. The molecular weight excluding hydrogens is 338 g/mol. The fraction of sp³-hybridized carbons (Fsp3) is 0.680. The Morgan fingerprint density at radius 2 is 1.48 bits per heavy atom. The van der Waals surface area contributed by atoms with Gasteiger partial charge in [0, 0.05) is 5.92 Å². The van der Waals surface area contributed by atoms with Crippen molar-refractivity contribution in [3.8, 4) is 11.8 Å². The van der Waals surface area contributed by atoms with Crippen LogP contribution in [0.15, 0.2) is 12.1 Å². The lowest BCUT2D eigenvalue weighted by Crippen LogP contribution is -2.25. The Kier molecular flexibility index (Phi) is 7.33. The van der Waals surface area contributed by atoms with Gasteiger partial charge in [-0.1, -0.05) is 57.4 Å². The Balaban J connectivity index is 1.51. The van der Waals surface area contributed by atoms with E-state index in [1.165, 1.54) is 51.4 Å². The van der Waals surface area contributed by atoms with Gasteiger partial charge >= 0.3 is 0 Å². The van der Waals surface area contributed by atoms with E-state index in [0.29, 0.717) is 17.9 Å². The molecule has 0 nitrogen and oxygen atoms in total. The molecule has 1 aromatic carbocycles. The maximum absolute atomic E-state index is 14.1. The number of halogens is 2. The van der Waals surface area contributed by atoms with Crippen LogP contribution in [-0.2, 0) is 6.42 Å². The maximum atomic E-state index is 14.1. The van der Waals surface area contributed by atoms with E-state index in [1.54, 1.807) is 12.1 Å². The van der Waals surface area contributed by atoms with Crippen LogP contribution in [0.5, 0.6) is 0 Å². The average molecular weight is 373 g/mol. The molecule has 3 rings (SSSR count). The highest BCUT2D eigenvalue weighted by Gasteiger charge is 2.30. The molecule has 2 fully saturated rings. The number of aryl methyl sites for hydroxylation is 1. The summed E-state index contributed by atoms with van der Waals surface area (Å²) in [6, 6.07) is 3.29. The Morgan fingerprint density at radius 3 is 2.07 bits per heavy atom. The lowest BCUT2D eigenvalue weighted by atomic mass is 9.69. The molecule has 0 aromatic heterocycles. The molecule has 0 N–H and O–H groups in total. The number of hydrogen-bond acceptors (Lipinski definition) is 0. The van der Waals surface area contributed by atoms with Crippen molar-refractivity contribution in [2.24, 2.45) is 23.7 Å². The van der Waals surface area contributed by atoms with E-state index in [2.05, 4.69) is 18.8 Å². The largest absolute Gasteiger partial charge is 0.203 e. The highest BCUT2D eigenvalue weighted by molar-refractivity contribution is 5.39. The van der Waals surface area contributed by atoms with Gasteiger partial charge in [-0.3, -0.25) is 0 Å². The second kappa shape index (κ2) is 9.72. The summed E-state index contributed by atoms with van der Waals surface area (Å²) >= 11 is 0. The van der Waals surface area contributed by atoms with Crippen molar-refractivity contribution < 1.29 is 8.78 Å². The van der Waals surface area contributed by atoms with Crippen LogP contribution < -0.4 is 0 Å². The second-order valence-corrected chi connectivity index (χ2v) is 8.70. The first-order valence-corrected chi connectivity index (χ1v) is 11.1. The summed E-state index contributed by atoms with van der Waals surface area (Å²) in [5, 5.41) is 0. The van der Waals surface area contributed by atoms with E-state index in [1.807, 2.05) is 6.92 Å². The maximum Gasteiger partial charge on any atom is 0.174 e. The fourth-order valence-corrected chi connectivity index (χ4v) is 5.23. The van der Waals surface area contributed by atoms with Crippen molar-refractivity contribution >= 4 is 0 Å². The molecular formula is C25H34F2. The van der Waals surface area contributed by atoms with Crippen molar-refractivity contribution in [1.82, 2.24) is 0 Å². The molecule has 1 aromatic rings. The monoisotopic (exact) mass is 372 g/mol. The second-order valence-electron chi connectivity index (χ2n) is 8.70. The molecule has 0 radical (unpaired) electrons. The molecule has 27 heavy (non-hydrogen) atoms. The highest BCUT2D eigenvalue weighted by atomic mass is 19.2. The molecule has 2 saturated carbocycles. The van der Waals surface area contributed by atoms with E-state index < -0.39 is 11.6 Å². The van der Waals surface area contributed by atoms with Gasteiger partial charge in [0.25, 0.3) is 0 Å². The zero-order valence-electron chi connectivity index (χ0n) is 17.0. The number of hydrogen-bond donors (Lipinski definition) is 0. The number of rotatable bonds is 4. The van der Waals surface area contributed by atoms with Gasteiger partial charge in [-0.2, -0.15) is 0 Å². The van der Waals surface area contributed by atoms with Crippen molar-refractivity contribution in [2.75, 3.05) is 0 Å². The van der Waals surface area contributed by atoms with Crippen molar-refractivity contribution in [3.05, 3.63) is 34.9 Å². The summed E-state index contributed by atoms with van der Waals surface area (Å²) in [7, 11) is 0. The molecule has 2 heteroatoms. The first-order valence-electron chi connectivity index (χ1n) is 11.1. The molecule has 0 atom stereocenters. The molecule has 0 unspecified atom stereocenters. The Bertz CT molecular complexity index is 666. The van der Waals surface area contributed by atoms with Gasteiger partial charge in [-0.05, 0) is 74.3 Å². The summed E-state index contributed by atoms with van der Waals surface area (Å²) in [4.78, 5) is 0. The molecule has 2 aliphatic carbocycles. The Morgan fingerprint density at radius 1 is 0.852 bits per heavy atom. The normalized spacial score (nSPS) is 28.4. The van der Waals surface area contributed by atoms with E-state index in [-0.39, 0.29) is 5.56 Å². The van der Waals surface area contributed by atoms with Crippen LogP contribution in [-0.4, -0.2) is 0 Å². The minimum atomic E-state index is -0.778. The molecule has 2 aliphatic rings. The molecule has 0 aliphatic heterocycles. The van der Waals surface area contributed by atoms with Gasteiger partial charge in [0.05, 0.1) is 5.56 Å². The quantitative estimate of drug-likeness (QED) is 0.487. The standard InChI is InChI=1S/C25H34F2/c1-3-5-18-6-11-21(12-7-18)22-13-8-19(9-14-22)10-15-23-17-16-20(4-2)24(26)25(23)27/h16-19,21-22H,3-9,11-14H2,1-2H3/t18-,19?,21-,22?. The summed E-state index contributed by atoms with van der Waals surface area (Å²) in [5.74, 6) is 7.74. The van der Waals surface area contributed by atoms with Crippen molar-refractivity contribution in [3.63, 3.8) is 0 Å². The van der Waals surface area contributed by atoms with Gasteiger partial charge in [0.2, 0.25) is 0 Å². The molecule has 0 spiro atoms. The van der Waals surface area contributed by atoms with Crippen LogP contribution in [0.2, 0.25) is 0 Å². The van der Waals surface area contributed by atoms with Crippen LogP contribution in [0.3, 0.4) is 0 Å². The average Bonchev–Trinajstić information content (AvgIpc) is 2.70. The van der Waals surface area contributed by atoms with Crippen LogP contribution in [0.25, 0.3) is 0 Å². The predicted molar refractivity (Wildman–Crippen MR) is 108 cm³/mol. The third-order valence-electron chi connectivity index (χ3n) is 6.98. The lowest BCUT2D eigenvalue weighted by molar-refractivity contribution is 0.154. The van der Waals surface area contributed by atoms with Gasteiger partial charge in [0.1, 0.15) is 0 Å². The third-order valence-corrected chi connectivity index (χ3v) is 6.98. The van der Waals surface area contributed by atoms with Gasteiger partial charge in [-0.25, -0.2) is 8.78 Å². The van der Waals surface area contributed by atoms with E-state index in [0.717, 1.165) is 30.6 Å². The Labute approximate surface area is 164 Å². The van der Waals surface area contributed by atoms with E-state index in [4.69, 9.17) is 0 Å². The van der Waals surface area contributed by atoms with E-state index >= 15 is 0 Å². The van der Waals surface area contributed by atoms with Crippen LogP contribution in [0, 0.1) is 47.1 Å². The SMILES string of the molecule is CCC[C@H]1CC[C@H](C2CCC(C#Cc3ccc(CC)c(F)c3F)CC2)CC1. The molecule has 148 valence electrons. The van der Waals surface area contributed by atoms with Gasteiger partial charge in [0.15, 0.2) is 11.6 Å². The van der Waals surface area contributed by atoms with Crippen molar-refractivity contribution in [1.29, 1.82) is 0 Å². The smallest absolute Gasteiger partial charge is 0.174 e. The molecule has 0 bridgehead atoms. The Hall–Kier alpha value is -1.36. The fourth-order valence-electron chi connectivity index (χ4n) is 5.23. The van der Waals surface area contributed by atoms with Crippen molar-refractivity contribution in [2.45, 2.75) is 84.5 Å². The summed E-state index contributed by atoms with van der Waals surface area (Å²) in [5.41, 5.74) is 0.633. The minimum Gasteiger partial charge on any atom is -0.203 e. The topological polar surface area (TPSA) is 0 Å².